The summed E-state index contributed by atoms with van der Waals surface area (Å²) in [5, 5.41) is 3.06. The van der Waals surface area contributed by atoms with E-state index in [9.17, 15) is 9.18 Å². The Kier molecular flexibility index (Phi) is 4.81. The Morgan fingerprint density at radius 1 is 1.48 bits per heavy atom. The highest BCUT2D eigenvalue weighted by molar-refractivity contribution is 7.80. The molecule has 0 aliphatic carbocycles. The summed E-state index contributed by atoms with van der Waals surface area (Å²) < 4.78 is 13.8. The Labute approximate surface area is 133 Å². The highest BCUT2D eigenvalue weighted by atomic mass is 35.5. The summed E-state index contributed by atoms with van der Waals surface area (Å²) >= 11 is 10.8. The fraction of sp³-hybridized carbons (Fsp3) is 0.429. The first-order valence-corrected chi connectivity index (χ1v) is 7.39. The van der Waals surface area contributed by atoms with Gasteiger partial charge in [-0.25, -0.2) is 4.39 Å². The van der Waals surface area contributed by atoms with Crippen molar-refractivity contribution in [2.75, 3.05) is 20.1 Å². The molecule has 3 N–H and O–H groups in total. The highest BCUT2D eigenvalue weighted by Gasteiger charge is 2.38. The van der Waals surface area contributed by atoms with Crippen LogP contribution < -0.4 is 11.1 Å². The van der Waals surface area contributed by atoms with E-state index in [4.69, 9.17) is 29.6 Å². The molecule has 0 radical (unpaired) electrons. The van der Waals surface area contributed by atoms with Crippen molar-refractivity contribution in [2.24, 2.45) is 5.73 Å². The van der Waals surface area contributed by atoms with Gasteiger partial charge < -0.3 is 16.0 Å². The monoisotopic (exact) mass is 329 g/mol. The number of piperidine rings is 1. The Morgan fingerprint density at radius 3 is 2.62 bits per heavy atom. The van der Waals surface area contributed by atoms with Gasteiger partial charge in [0, 0.05) is 18.1 Å². The lowest BCUT2D eigenvalue weighted by Gasteiger charge is -2.40. The molecule has 114 valence electrons. The van der Waals surface area contributed by atoms with Crippen LogP contribution in [-0.2, 0) is 0 Å². The summed E-state index contributed by atoms with van der Waals surface area (Å²) in [6.45, 7) is 1.53. The molecular formula is C14H17ClFN3OS. The van der Waals surface area contributed by atoms with Gasteiger partial charge in [0.1, 0.15) is 5.82 Å². The van der Waals surface area contributed by atoms with Crippen molar-refractivity contribution in [1.82, 2.24) is 10.2 Å². The molecule has 1 aromatic carbocycles. The van der Waals surface area contributed by atoms with Gasteiger partial charge in [-0.2, -0.15) is 0 Å². The van der Waals surface area contributed by atoms with E-state index >= 15 is 0 Å². The molecule has 0 bridgehead atoms. The van der Waals surface area contributed by atoms with E-state index in [1.54, 1.807) is 0 Å². The smallest absolute Gasteiger partial charge is 0.255 e. The van der Waals surface area contributed by atoms with Gasteiger partial charge in [0.2, 0.25) is 0 Å². The molecule has 2 rings (SSSR count). The molecule has 1 aromatic rings. The molecule has 1 saturated heterocycles. The minimum atomic E-state index is -0.759. The van der Waals surface area contributed by atoms with Crippen LogP contribution in [0.2, 0.25) is 5.02 Å². The molecular weight excluding hydrogens is 313 g/mol. The van der Waals surface area contributed by atoms with Crippen LogP contribution in [0.5, 0.6) is 0 Å². The maximum Gasteiger partial charge on any atom is 0.255 e. The number of likely N-dealkylation sites (tertiary alicyclic amines) is 1. The number of hydrogen-bond acceptors (Lipinski definition) is 3. The molecule has 7 heteroatoms. The first kappa shape index (κ1) is 16.1. The van der Waals surface area contributed by atoms with Gasteiger partial charge in [-0.05, 0) is 38.1 Å². The maximum atomic E-state index is 13.8. The average Bonchev–Trinajstić information content (AvgIpc) is 2.41. The Hall–Kier alpha value is -1.24. The number of nitrogens with two attached hydrogens (primary N) is 1. The van der Waals surface area contributed by atoms with Crippen molar-refractivity contribution < 1.29 is 9.18 Å². The number of benzene rings is 1. The van der Waals surface area contributed by atoms with Gasteiger partial charge in [-0.15, -0.1) is 0 Å². The van der Waals surface area contributed by atoms with Crippen molar-refractivity contribution in [1.29, 1.82) is 0 Å². The van der Waals surface area contributed by atoms with E-state index in [0.717, 1.165) is 19.2 Å². The van der Waals surface area contributed by atoms with Crippen LogP contribution in [0.3, 0.4) is 0 Å². The number of hydrogen-bond donors (Lipinski definition) is 2. The zero-order valence-electron chi connectivity index (χ0n) is 11.7. The van der Waals surface area contributed by atoms with E-state index in [2.05, 4.69) is 10.2 Å². The van der Waals surface area contributed by atoms with Crippen molar-refractivity contribution in [3.8, 4) is 0 Å². The number of halogens is 2. The van der Waals surface area contributed by atoms with Gasteiger partial charge in [0.05, 0.1) is 16.1 Å². The Bertz CT molecular complexity index is 573. The molecule has 0 unspecified atom stereocenters. The third-order valence-corrected chi connectivity index (χ3v) is 4.47. The Morgan fingerprint density at radius 2 is 2.10 bits per heavy atom. The minimum absolute atomic E-state index is 0.0612. The first-order valence-electron chi connectivity index (χ1n) is 6.60. The molecule has 0 spiro atoms. The predicted octanol–water partition coefficient (Wildman–Crippen LogP) is 1.96. The molecule has 21 heavy (non-hydrogen) atoms. The number of carbonyl (C=O) groups is 1. The number of nitrogens with one attached hydrogen (secondary N) is 1. The number of thiocarbonyl (C=S) groups is 1. The van der Waals surface area contributed by atoms with Gasteiger partial charge in [-0.1, -0.05) is 23.8 Å². The summed E-state index contributed by atoms with van der Waals surface area (Å²) in [5.74, 6) is -1.19. The molecule has 1 fully saturated rings. The molecule has 1 heterocycles. The summed E-state index contributed by atoms with van der Waals surface area (Å²) in [4.78, 5) is 14.7. The highest BCUT2D eigenvalue weighted by Crippen LogP contribution is 2.23. The Balaban J connectivity index is 2.21. The third kappa shape index (κ3) is 3.51. The summed E-state index contributed by atoms with van der Waals surface area (Å²) in [5.41, 5.74) is 5.00. The SMILES string of the molecule is CN1CCC(NC(=O)c2ccc(Cl)cc2F)(C(N)=S)CC1. The van der Waals surface area contributed by atoms with Gasteiger partial charge >= 0.3 is 0 Å². The maximum absolute atomic E-state index is 13.8. The molecule has 4 nitrogen and oxygen atoms in total. The number of rotatable bonds is 3. The van der Waals surface area contributed by atoms with Crippen molar-refractivity contribution in [2.45, 2.75) is 18.4 Å². The lowest BCUT2D eigenvalue weighted by molar-refractivity contribution is 0.0886. The first-order chi connectivity index (χ1) is 9.84. The van der Waals surface area contributed by atoms with Crippen LogP contribution in [-0.4, -0.2) is 41.5 Å². The molecule has 1 aliphatic rings. The van der Waals surface area contributed by atoms with Crippen LogP contribution in [0.25, 0.3) is 0 Å². The van der Waals surface area contributed by atoms with Crippen LogP contribution >= 0.6 is 23.8 Å². The number of nitrogens with zero attached hydrogens (tertiary/aromatic N) is 1. The molecule has 1 amide bonds. The molecule has 0 atom stereocenters. The second kappa shape index (κ2) is 6.25. The minimum Gasteiger partial charge on any atom is -0.391 e. The second-order valence-electron chi connectivity index (χ2n) is 5.33. The lowest BCUT2D eigenvalue weighted by atomic mass is 9.87. The molecule has 1 aliphatic heterocycles. The van der Waals surface area contributed by atoms with Gasteiger partial charge in [0.15, 0.2) is 0 Å². The van der Waals surface area contributed by atoms with E-state index < -0.39 is 17.3 Å². The fourth-order valence-corrected chi connectivity index (χ4v) is 2.81. The van der Waals surface area contributed by atoms with Crippen LogP contribution in [0.1, 0.15) is 23.2 Å². The quantitative estimate of drug-likeness (QED) is 0.832. The van der Waals surface area contributed by atoms with E-state index in [-0.39, 0.29) is 15.6 Å². The predicted molar refractivity (Wildman–Crippen MR) is 85.1 cm³/mol. The van der Waals surface area contributed by atoms with E-state index in [0.29, 0.717) is 12.8 Å². The molecule has 0 saturated carbocycles. The van der Waals surface area contributed by atoms with E-state index in [1.807, 2.05) is 7.05 Å². The van der Waals surface area contributed by atoms with Crippen LogP contribution in [0.4, 0.5) is 4.39 Å². The van der Waals surface area contributed by atoms with Crippen LogP contribution in [0, 0.1) is 5.82 Å². The number of carbonyl (C=O) groups excluding carboxylic acids is 1. The zero-order chi connectivity index (χ0) is 15.6. The zero-order valence-corrected chi connectivity index (χ0v) is 13.2. The van der Waals surface area contributed by atoms with E-state index in [1.165, 1.54) is 12.1 Å². The summed E-state index contributed by atoms with van der Waals surface area (Å²) in [7, 11) is 1.99. The lowest BCUT2D eigenvalue weighted by Crippen LogP contribution is -2.61. The molecule has 0 aromatic heterocycles. The summed E-state index contributed by atoms with van der Waals surface area (Å²) in [6, 6.07) is 3.94. The normalized spacial score (nSPS) is 18.2. The van der Waals surface area contributed by atoms with Crippen molar-refractivity contribution in [3.63, 3.8) is 0 Å². The largest absolute Gasteiger partial charge is 0.391 e. The number of amides is 1. The second-order valence-corrected chi connectivity index (χ2v) is 6.20. The van der Waals surface area contributed by atoms with Gasteiger partial charge in [0.25, 0.3) is 5.91 Å². The average molecular weight is 330 g/mol. The topological polar surface area (TPSA) is 58.4 Å². The summed E-state index contributed by atoms with van der Waals surface area (Å²) in [6.07, 6.45) is 1.22. The van der Waals surface area contributed by atoms with Crippen molar-refractivity contribution in [3.05, 3.63) is 34.6 Å². The standard InChI is InChI=1S/C14H17ClFN3OS/c1-19-6-4-14(5-7-19,13(17)21)18-12(20)10-3-2-9(15)8-11(10)16/h2-3,8H,4-7H2,1H3,(H2,17,21)(H,18,20). The third-order valence-electron chi connectivity index (χ3n) is 3.84. The van der Waals surface area contributed by atoms with Crippen molar-refractivity contribution >= 4 is 34.7 Å². The van der Waals surface area contributed by atoms with Crippen LogP contribution in [0.15, 0.2) is 18.2 Å². The fourth-order valence-electron chi connectivity index (χ4n) is 2.39. The van der Waals surface area contributed by atoms with Gasteiger partial charge in [-0.3, -0.25) is 4.79 Å².